The number of anilines is 1. The second kappa shape index (κ2) is 5.48. The van der Waals surface area contributed by atoms with Gasteiger partial charge in [-0.3, -0.25) is 0 Å². The lowest BCUT2D eigenvalue weighted by molar-refractivity contribution is 0.192. The first-order valence-corrected chi connectivity index (χ1v) is 7.82. The van der Waals surface area contributed by atoms with E-state index in [1.54, 1.807) is 7.05 Å². The van der Waals surface area contributed by atoms with E-state index < -0.39 is 10.0 Å². The van der Waals surface area contributed by atoms with Gasteiger partial charge in [-0.2, -0.15) is 4.31 Å². The van der Waals surface area contributed by atoms with E-state index in [2.05, 4.69) is 4.98 Å². The van der Waals surface area contributed by atoms with Crippen LogP contribution in [0.1, 0.15) is 25.7 Å². The lowest BCUT2D eigenvalue weighted by Crippen LogP contribution is -2.44. The summed E-state index contributed by atoms with van der Waals surface area (Å²) in [5.41, 5.74) is 5.67. The summed E-state index contributed by atoms with van der Waals surface area (Å²) < 4.78 is 28.2. The van der Waals surface area contributed by atoms with Crippen LogP contribution in [0.25, 0.3) is 0 Å². The Morgan fingerprint density at radius 3 is 2.84 bits per heavy atom. The van der Waals surface area contributed by atoms with Crippen molar-refractivity contribution < 1.29 is 13.5 Å². The summed E-state index contributed by atoms with van der Waals surface area (Å²) in [6.07, 6.45) is 4.44. The van der Waals surface area contributed by atoms with E-state index in [1.165, 1.54) is 15.2 Å². The van der Waals surface area contributed by atoms with Gasteiger partial charge in [0.15, 0.2) is 10.8 Å². The largest absolute Gasteiger partial charge is 0.396 e. The third-order valence-corrected chi connectivity index (χ3v) is 5.58. The summed E-state index contributed by atoms with van der Waals surface area (Å²) in [6.45, 7) is 0.454. The summed E-state index contributed by atoms with van der Waals surface area (Å²) in [4.78, 5) is 3.83. The molecule has 2 rings (SSSR count). The number of hydrogen-bond acceptors (Lipinski definition) is 5. The minimum Gasteiger partial charge on any atom is -0.396 e. The average molecular weight is 288 g/mol. The fraction of sp³-hybridized carbons (Fsp3) is 0.727. The summed E-state index contributed by atoms with van der Waals surface area (Å²) in [7, 11) is -2.04. The zero-order valence-electron chi connectivity index (χ0n) is 11.0. The van der Waals surface area contributed by atoms with Crippen molar-refractivity contribution in [3.8, 4) is 0 Å². The van der Waals surface area contributed by atoms with Gasteiger partial charge >= 0.3 is 0 Å². The van der Waals surface area contributed by atoms with Crippen LogP contribution >= 0.6 is 0 Å². The van der Waals surface area contributed by atoms with Gasteiger partial charge in [0.05, 0.1) is 6.33 Å². The van der Waals surface area contributed by atoms with Gasteiger partial charge in [0.1, 0.15) is 0 Å². The van der Waals surface area contributed by atoms with Gasteiger partial charge in [-0.15, -0.1) is 0 Å². The van der Waals surface area contributed by atoms with E-state index in [0.29, 0.717) is 13.0 Å². The highest BCUT2D eigenvalue weighted by Crippen LogP contribution is 2.28. The first-order chi connectivity index (χ1) is 8.98. The number of aromatic nitrogens is 2. The molecule has 1 saturated heterocycles. The van der Waals surface area contributed by atoms with E-state index in [0.717, 1.165) is 19.3 Å². The van der Waals surface area contributed by atoms with Crippen molar-refractivity contribution in [1.82, 2.24) is 13.9 Å². The molecule has 0 aromatic carbocycles. The average Bonchev–Trinajstić information content (AvgIpc) is 2.70. The Morgan fingerprint density at radius 1 is 1.53 bits per heavy atom. The van der Waals surface area contributed by atoms with Gasteiger partial charge in [0.25, 0.3) is 10.0 Å². The summed E-state index contributed by atoms with van der Waals surface area (Å²) >= 11 is 0. The van der Waals surface area contributed by atoms with E-state index in [4.69, 9.17) is 10.8 Å². The van der Waals surface area contributed by atoms with Crippen LogP contribution in [0.15, 0.2) is 11.4 Å². The van der Waals surface area contributed by atoms with Crippen LogP contribution in [0, 0.1) is 0 Å². The van der Waals surface area contributed by atoms with Crippen LogP contribution < -0.4 is 5.73 Å². The van der Waals surface area contributed by atoms with Gasteiger partial charge in [0, 0.05) is 26.2 Å². The molecular weight excluding hydrogens is 268 g/mol. The molecule has 0 aliphatic carbocycles. The SMILES string of the molecule is Cn1cnc(N)c1S(=O)(=O)N1CCCCC1CCO. The topological polar surface area (TPSA) is 101 Å². The van der Waals surface area contributed by atoms with Crippen molar-refractivity contribution >= 4 is 15.8 Å². The Hall–Kier alpha value is -1.12. The zero-order valence-corrected chi connectivity index (χ0v) is 11.8. The normalized spacial score (nSPS) is 21.7. The number of piperidine rings is 1. The minimum absolute atomic E-state index is 0.0163. The van der Waals surface area contributed by atoms with E-state index >= 15 is 0 Å². The molecule has 0 amide bonds. The standard InChI is InChI=1S/C11H20N4O3S/c1-14-8-13-10(12)11(14)19(17,18)15-6-3-2-4-9(15)5-7-16/h8-9,16H,2-7,12H2,1H3. The number of hydrogen-bond donors (Lipinski definition) is 2. The summed E-state index contributed by atoms with van der Waals surface area (Å²) in [6, 6.07) is -0.155. The maximum atomic E-state index is 12.7. The third kappa shape index (κ3) is 2.60. The Morgan fingerprint density at radius 2 is 2.26 bits per heavy atom. The van der Waals surface area contributed by atoms with Gasteiger partial charge in [-0.1, -0.05) is 6.42 Å². The molecule has 2 heterocycles. The highest BCUT2D eigenvalue weighted by molar-refractivity contribution is 7.89. The molecule has 1 aromatic heterocycles. The quantitative estimate of drug-likeness (QED) is 0.807. The lowest BCUT2D eigenvalue weighted by Gasteiger charge is -2.34. The molecule has 1 aliphatic rings. The van der Waals surface area contributed by atoms with Crippen LogP contribution in [0.2, 0.25) is 0 Å². The van der Waals surface area contributed by atoms with Crippen LogP contribution in [0.3, 0.4) is 0 Å². The first kappa shape index (κ1) is 14.3. The second-order valence-electron chi connectivity index (χ2n) is 4.82. The molecule has 1 unspecified atom stereocenters. The maximum Gasteiger partial charge on any atom is 0.262 e. The number of nitrogen functional groups attached to an aromatic ring is 1. The maximum absolute atomic E-state index is 12.7. The van der Waals surface area contributed by atoms with Crippen molar-refractivity contribution in [3.63, 3.8) is 0 Å². The first-order valence-electron chi connectivity index (χ1n) is 6.38. The number of rotatable bonds is 4. The Balaban J connectivity index is 2.37. The Kier molecular flexibility index (Phi) is 4.12. The minimum atomic E-state index is -3.65. The molecule has 0 radical (unpaired) electrons. The van der Waals surface area contributed by atoms with E-state index in [-0.39, 0.29) is 23.5 Å². The second-order valence-corrected chi connectivity index (χ2v) is 6.63. The highest BCUT2D eigenvalue weighted by atomic mass is 32.2. The molecule has 0 bridgehead atoms. The number of aliphatic hydroxyl groups excluding tert-OH is 1. The molecular formula is C11H20N4O3S. The highest BCUT2D eigenvalue weighted by Gasteiger charge is 2.36. The van der Waals surface area contributed by atoms with Crippen LogP contribution in [0.4, 0.5) is 5.82 Å². The van der Waals surface area contributed by atoms with Crippen molar-refractivity contribution in [3.05, 3.63) is 6.33 Å². The van der Waals surface area contributed by atoms with Crippen molar-refractivity contribution in [2.24, 2.45) is 7.05 Å². The van der Waals surface area contributed by atoms with E-state index in [1.807, 2.05) is 0 Å². The molecule has 0 saturated carbocycles. The van der Waals surface area contributed by atoms with Gasteiger partial charge < -0.3 is 15.4 Å². The Bertz CT molecular complexity index is 519. The van der Waals surface area contributed by atoms with E-state index in [9.17, 15) is 8.42 Å². The number of aliphatic hydroxyl groups is 1. The predicted molar refractivity (Wildman–Crippen MR) is 70.9 cm³/mol. The number of imidazole rings is 1. The molecule has 0 spiro atoms. The molecule has 1 fully saturated rings. The van der Waals surface area contributed by atoms with Gasteiger partial charge in [-0.05, 0) is 19.3 Å². The molecule has 8 heteroatoms. The van der Waals surface area contributed by atoms with Crippen molar-refractivity contribution in [1.29, 1.82) is 0 Å². The van der Waals surface area contributed by atoms with Crippen LogP contribution in [-0.2, 0) is 17.1 Å². The molecule has 1 aromatic rings. The lowest BCUT2D eigenvalue weighted by atomic mass is 10.0. The number of sulfonamides is 1. The Labute approximate surface area is 113 Å². The third-order valence-electron chi connectivity index (χ3n) is 3.50. The monoisotopic (exact) mass is 288 g/mol. The van der Waals surface area contributed by atoms with Crippen LogP contribution in [-0.4, -0.2) is 46.6 Å². The smallest absolute Gasteiger partial charge is 0.262 e. The summed E-state index contributed by atoms with van der Waals surface area (Å²) in [5.74, 6) is 0.0239. The van der Waals surface area contributed by atoms with Gasteiger partial charge in [0.2, 0.25) is 0 Å². The number of nitrogens with zero attached hydrogens (tertiary/aromatic N) is 3. The fourth-order valence-electron chi connectivity index (χ4n) is 2.59. The van der Waals surface area contributed by atoms with Crippen molar-refractivity contribution in [2.75, 3.05) is 18.9 Å². The molecule has 1 aliphatic heterocycles. The van der Waals surface area contributed by atoms with Crippen molar-refractivity contribution in [2.45, 2.75) is 36.8 Å². The molecule has 108 valence electrons. The molecule has 3 N–H and O–H groups in total. The predicted octanol–water partition coefficient (Wildman–Crippen LogP) is -0.0721. The number of nitrogens with two attached hydrogens (primary N) is 1. The van der Waals surface area contributed by atoms with Gasteiger partial charge in [-0.25, -0.2) is 13.4 Å². The molecule has 19 heavy (non-hydrogen) atoms. The molecule has 1 atom stereocenters. The summed E-state index contributed by atoms with van der Waals surface area (Å²) in [5, 5.41) is 9.12. The fourth-order valence-corrected chi connectivity index (χ4v) is 4.51. The number of aryl methyl sites for hydroxylation is 1. The van der Waals surface area contributed by atoms with Crippen LogP contribution in [0.5, 0.6) is 0 Å². The molecule has 7 nitrogen and oxygen atoms in total. The zero-order chi connectivity index (χ0) is 14.0.